The van der Waals surface area contributed by atoms with Gasteiger partial charge in [-0.2, -0.15) is 0 Å². The molecule has 1 aliphatic rings. The van der Waals surface area contributed by atoms with E-state index < -0.39 is 6.65 Å². The van der Waals surface area contributed by atoms with Crippen LogP contribution in [-0.4, -0.2) is 17.8 Å². The van der Waals surface area contributed by atoms with E-state index in [-0.39, 0.29) is 0 Å². The van der Waals surface area contributed by atoms with Gasteiger partial charge in [0.15, 0.2) is 0 Å². The highest BCUT2D eigenvalue weighted by atomic mass is 32.7. The van der Waals surface area contributed by atoms with E-state index >= 15 is 0 Å². The Balaban J connectivity index is 2.28. The van der Waals surface area contributed by atoms with Gasteiger partial charge in [0.25, 0.3) is 6.65 Å². The Hall–Kier alpha value is -0.440. The Labute approximate surface area is 94.5 Å². The van der Waals surface area contributed by atoms with E-state index in [4.69, 9.17) is 0 Å². The summed E-state index contributed by atoms with van der Waals surface area (Å²) in [4.78, 5) is 1.09. The van der Waals surface area contributed by atoms with E-state index in [9.17, 15) is 4.57 Å². The summed E-state index contributed by atoms with van der Waals surface area (Å²) in [5, 5.41) is 3.16. The molecule has 0 spiro atoms. The summed E-state index contributed by atoms with van der Waals surface area (Å²) in [7, 11) is 0. The number of hydrogen-bond donors (Lipinski definition) is 1. The van der Waals surface area contributed by atoms with E-state index in [1.807, 2.05) is 42.8 Å². The molecular weight excluding hydrogens is 227 g/mol. The fraction of sp³-hybridized carbons (Fsp3) is 0.400. The smallest absolute Gasteiger partial charge is 0.297 e. The normalized spacial score (nSPS) is 23.9. The van der Waals surface area contributed by atoms with Gasteiger partial charge in [0.1, 0.15) is 0 Å². The average Bonchev–Trinajstić information content (AvgIpc) is 2.56. The molecule has 0 bridgehead atoms. The number of nitrogens with one attached hydrogen (secondary N) is 1. The van der Waals surface area contributed by atoms with E-state index in [0.29, 0.717) is 0 Å². The summed E-state index contributed by atoms with van der Waals surface area (Å²) in [6.07, 6.45) is 0. The third kappa shape index (κ3) is 1.94. The van der Waals surface area contributed by atoms with Crippen molar-refractivity contribution >= 4 is 23.7 Å². The van der Waals surface area contributed by atoms with Crippen LogP contribution in [0.5, 0.6) is 0 Å². The van der Waals surface area contributed by atoms with Gasteiger partial charge in [-0.15, -0.1) is 0 Å². The lowest BCUT2D eigenvalue weighted by molar-refractivity contribution is 0.460. The van der Waals surface area contributed by atoms with E-state index in [1.54, 1.807) is 0 Å². The predicted molar refractivity (Wildman–Crippen MR) is 66.4 cm³/mol. The standard InChI is InChI=1S/C10H15N2OPS/c1-3-12(4-2)14(13)11-9-7-5-6-8-10(9)15-14/h5-8H,3-4H2,1-2H3,(H,11,13). The van der Waals surface area contributed by atoms with E-state index in [1.165, 1.54) is 11.4 Å². The molecule has 1 aliphatic heterocycles. The Morgan fingerprint density at radius 1 is 1.33 bits per heavy atom. The van der Waals surface area contributed by atoms with Crippen LogP contribution in [0.15, 0.2) is 29.2 Å². The molecule has 0 fully saturated rings. The van der Waals surface area contributed by atoms with Gasteiger partial charge in [-0.1, -0.05) is 26.0 Å². The van der Waals surface area contributed by atoms with Crippen LogP contribution in [0, 0.1) is 0 Å². The zero-order chi connectivity index (χ0) is 10.9. The van der Waals surface area contributed by atoms with Gasteiger partial charge in [0, 0.05) is 18.0 Å². The first kappa shape index (κ1) is 11.1. The monoisotopic (exact) mass is 242 g/mol. The SMILES string of the molecule is CCN(CC)P1(=O)Nc2ccccc2S1. The minimum Gasteiger partial charge on any atom is -0.315 e. The maximum atomic E-state index is 12.6. The second-order valence-electron chi connectivity index (χ2n) is 3.36. The van der Waals surface area contributed by atoms with Gasteiger partial charge in [0.2, 0.25) is 0 Å². The molecule has 2 rings (SSSR count). The fourth-order valence-corrected chi connectivity index (χ4v) is 6.67. The quantitative estimate of drug-likeness (QED) is 0.820. The minimum atomic E-state index is -2.46. The molecule has 0 saturated carbocycles. The summed E-state index contributed by atoms with van der Waals surface area (Å²) in [5.41, 5.74) is 0.998. The molecule has 1 aromatic rings. The van der Waals surface area contributed by atoms with Crippen molar-refractivity contribution in [3.8, 4) is 0 Å². The number of nitrogens with zero attached hydrogens (tertiary/aromatic N) is 1. The van der Waals surface area contributed by atoms with Crippen LogP contribution in [0.25, 0.3) is 0 Å². The molecule has 1 N–H and O–H groups in total. The van der Waals surface area contributed by atoms with Crippen molar-refractivity contribution in [2.45, 2.75) is 18.7 Å². The first-order valence-corrected chi connectivity index (χ1v) is 8.20. The second-order valence-corrected chi connectivity index (χ2v) is 7.84. The van der Waals surface area contributed by atoms with Crippen LogP contribution in [0.4, 0.5) is 5.69 Å². The molecule has 0 aromatic heterocycles. The first-order valence-electron chi connectivity index (χ1n) is 5.12. The molecule has 5 heteroatoms. The van der Waals surface area contributed by atoms with Crippen LogP contribution >= 0.6 is 18.0 Å². The summed E-state index contributed by atoms with van der Waals surface area (Å²) in [6.45, 7) is 3.22. The Kier molecular flexibility index (Phi) is 3.10. The Morgan fingerprint density at radius 3 is 2.60 bits per heavy atom. The molecule has 1 aromatic carbocycles. The topological polar surface area (TPSA) is 32.3 Å². The van der Waals surface area contributed by atoms with E-state index in [2.05, 4.69) is 5.09 Å². The fourth-order valence-electron chi connectivity index (χ4n) is 1.67. The maximum Gasteiger partial charge on any atom is 0.297 e. The molecule has 1 atom stereocenters. The van der Waals surface area contributed by atoms with E-state index in [0.717, 1.165) is 23.7 Å². The van der Waals surface area contributed by atoms with Crippen LogP contribution in [-0.2, 0) is 4.57 Å². The zero-order valence-corrected chi connectivity index (χ0v) is 10.6. The molecule has 0 radical (unpaired) electrons. The molecule has 0 aliphatic carbocycles. The van der Waals surface area contributed by atoms with Crippen LogP contribution < -0.4 is 5.09 Å². The summed E-state index contributed by atoms with van der Waals surface area (Å²) < 4.78 is 14.6. The lowest BCUT2D eigenvalue weighted by Crippen LogP contribution is -2.20. The highest BCUT2D eigenvalue weighted by molar-refractivity contribution is 8.58. The average molecular weight is 242 g/mol. The largest absolute Gasteiger partial charge is 0.315 e. The third-order valence-electron chi connectivity index (χ3n) is 2.47. The lowest BCUT2D eigenvalue weighted by Gasteiger charge is -2.24. The van der Waals surface area contributed by atoms with Gasteiger partial charge in [0.05, 0.1) is 5.69 Å². The third-order valence-corrected chi connectivity index (χ3v) is 7.41. The van der Waals surface area contributed by atoms with Crippen molar-refractivity contribution < 1.29 is 4.57 Å². The summed E-state index contributed by atoms with van der Waals surface area (Å²) in [6, 6.07) is 7.93. The van der Waals surface area contributed by atoms with Crippen LogP contribution in [0.1, 0.15) is 13.8 Å². The van der Waals surface area contributed by atoms with Gasteiger partial charge in [-0.25, -0.2) is 4.67 Å². The molecule has 0 amide bonds. The molecule has 82 valence electrons. The molecule has 1 unspecified atom stereocenters. The van der Waals surface area contributed by atoms with Crippen molar-refractivity contribution in [3.05, 3.63) is 24.3 Å². The molecule has 0 saturated heterocycles. The van der Waals surface area contributed by atoms with Crippen molar-refractivity contribution in [2.75, 3.05) is 18.2 Å². The molecule has 15 heavy (non-hydrogen) atoms. The van der Waals surface area contributed by atoms with Crippen molar-refractivity contribution in [3.63, 3.8) is 0 Å². The van der Waals surface area contributed by atoms with Gasteiger partial charge in [-0.3, -0.25) is 4.57 Å². The van der Waals surface area contributed by atoms with Gasteiger partial charge in [-0.05, 0) is 23.5 Å². The second kappa shape index (κ2) is 4.20. The van der Waals surface area contributed by atoms with Gasteiger partial charge < -0.3 is 5.09 Å². The first-order chi connectivity index (χ1) is 7.19. The summed E-state index contributed by atoms with van der Waals surface area (Å²) in [5.74, 6) is 0. The van der Waals surface area contributed by atoms with Crippen molar-refractivity contribution in [1.82, 2.24) is 4.67 Å². The molecular formula is C10H15N2OPS. The highest BCUT2D eigenvalue weighted by Crippen LogP contribution is 2.69. The van der Waals surface area contributed by atoms with Crippen molar-refractivity contribution in [1.29, 1.82) is 0 Å². The number of benzene rings is 1. The Morgan fingerprint density at radius 2 is 2.00 bits per heavy atom. The number of para-hydroxylation sites is 1. The van der Waals surface area contributed by atoms with Crippen LogP contribution in [0.3, 0.4) is 0 Å². The number of hydrogen-bond acceptors (Lipinski definition) is 2. The number of anilines is 1. The number of fused-ring (bicyclic) bond motifs is 1. The van der Waals surface area contributed by atoms with Crippen LogP contribution in [0.2, 0.25) is 0 Å². The maximum absolute atomic E-state index is 12.6. The summed E-state index contributed by atoms with van der Waals surface area (Å²) >= 11 is 1.47. The lowest BCUT2D eigenvalue weighted by atomic mass is 10.3. The minimum absolute atomic E-state index is 0.807. The Bertz CT molecular complexity index is 377. The molecule has 3 nitrogen and oxygen atoms in total. The van der Waals surface area contributed by atoms with Crippen molar-refractivity contribution in [2.24, 2.45) is 0 Å². The number of rotatable bonds is 3. The zero-order valence-electron chi connectivity index (χ0n) is 8.93. The van der Waals surface area contributed by atoms with Gasteiger partial charge >= 0.3 is 0 Å². The highest BCUT2D eigenvalue weighted by Gasteiger charge is 2.36. The predicted octanol–water partition coefficient (Wildman–Crippen LogP) is 3.65. The molecule has 1 heterocycles.